The van der Waals surface area contributed by atoms with Gasteiger partial charge in [0.2, 0.25) is 11.8 Å². The summed E-state index contributed by atoms with van der Waals surface area (Å²) < 4.78 is 21.3. The normalized spacial score (nSPS) is 10.9. The van der Waals surface area contributed by atoms with Crippen LogP contribution in [-0.4, -0.2) is 50.4 Å². The number of amides is 2. The molecule has 4 rings (SSSR count). The molecule has 0 saturated carbocycles. The predicted octanol–water partition coefficient (Wildman–Crippen LogP) is 6.86. The molecule has 4 aromatic rings. The van der Waals surface area contributed by atoms with E-state index in [-0.39, 0.29) is 11.8 Å². The van der Waals surface area contributed by atoms with Crippen LogP contribution in [0.25, 0.3) is 0 Å². The molecular formula is C40H42N4O8. The number of carbonyl (C=O) groups excluding carboxylic acids is 4. The van der Waals surface area contributed by atoms with E-state index in [1.54, 1.807) is 111 Å². The molecule has 0 atom stereocenters. The van der Waals surface area contributed by atoms with E-state index in [0.29, 0.717) is 70.9 Å². The number of esters is 2. The molecule has 52 heavy (non-hydrogen) atoms. The van der Waals surface area contributed by atoms with Gasteiger partial charge in [-0.15, -0.1) is 0 Å². The summed E-state index contributed by atoms with van der Waals surface area (Å²) in [6, 6.07) is 27.0. The zero-order valence-corrected chi connectivity index (χ0v) is 29.2. The molecule has 0 heterocycles. The zero-order valence-electron chi connectivity index (χ0n) is 29.2. The summed E-state index contributed by atoms with van der Waals surface area (Å²) in [5, 5.41) is 8.06. The van der Waals surface area contributed by atoms with E-state index in [2.05, 4.69) is 21.1 Å². The molecule has 12 heteroatoms. The zero-order chi connectivity index (χ0) is 37.0. The van der Waals surface area contributed by atoms with Crippen LogP contribution in [0.5, 0.6) is 23.0 Å². The number of methoxy groups -OCH3 is 2. The van der Waals surface area contributed by atoms with Crippen LogP contribution in [0.4, 0.5) is 0 Å². The first kappa shape index (κ1) is 38.5. The average Bonchev–Trinajstić information content (AvgIpc) is 3.17. The minimum Gasteiger partial charge on any atom is -0.497 e. The smallest absolute Gasteiger partial charge is 0.343 e. The van der Waals surface area contributed by atoms with Gasteiger partial charge >= 0.3 is 11.9 Å². The summed E-state index contributed by atoms with van der Waals surface area (Å²) in [4.78, 5) is 49.6. The topological polar surface area (TPSA) is 154 Å². The standard InChI is InChI=1S/C40H42N4O8/c1-49-33-23-19-29(20-24-33)39(47)51-35-15-11-9-13-31(35)27-41-43-37(45)17-7-5-3-4-6-8-18-38(46)44-42-28-32-14-10-12-16-36(32)52-40(48)30-21-25-34(50-2)26-22-30/h9-16,19-28H,3-8,17-18H2,1-2H3,(H,43,45)(H,44,46)/b41-27-,42-28-. The number of ether oxygens (including phenoxy) is 4. The number of hydrazone groups is 2. The summed E-state index contributed by atoms with van der Waals surface area (Å²) in [6.07, 6.45) is 8.59. The van der Waals surface area contributed by atoms with Crippen LogP contribution in [0.1, 0.15) is 83.2 Å². The highest BCUT2D eigenvalue weighted by Gasteiger charge is 2.13. The molecule has 4 aromatic carbocycles. The molecule has 0 fully saturated rings. The second-order valence-corrected chi connectivity index (χ2v) is 11.5. The Morgan fingerprint density at radius 3 is 1.27 bits per heavy atom. The summed E-state index contributed by atoms with van der Waals surface area (Å²) in [6.45, 7) is 0. The minimum atomic E-state index is -0.521. The molecule has 0 radical (unpaired) electrons. The number of carbonyl (C=O) groups is 4. The van der Waals surface area contributed by atoms with E-state index in [1.165, 1.54) is 12.4 Å². The third-order valence-electron chi connectivity index (χ3n) is 7.74. The van der Waals surface area contributed by atoms with Crippen molar-refractivity contribution in [1.82, 2.24) is 10.9 Å². The van der Waals surface area contributed by atoms with Crippen molar-refractivity contribution in [2.45, 2.75) is 51.4 Å². The monoisotopic (exact) mass is 706 g/mol. The van der Waals surface area contributed by atoms with Crippen LogP contribution in [0.2, 0.25) is 0 Å². The van der Waals surface area contributed by atoms with Gasteiger partial charge in [0.1, 0.15) is 23.0 Å². The van der Waals surface area contributed by atoms with Crippen LogP contribution in [-0.2, 0) is 9.59 Å². The van der Waals surface area contributed by atoms with Crippen LogP contribution in [0.15, 0.2) is 107 Å². The van der Waals surface area contributed by atoms with Gasteiger partial charge in [-0.1, -0.05) is 49.9 Å². The van der Waals surface area contributed by atoms with Crippen molar-refractivity contribution in [2.24, 2.45) is 10.2 Å². The highest BCUT2D eigenvalue weighted by molar-refractivity contribution is 5.94. The van der Waals surface area contributed by atoms with Gasteiger partial charge in [-0.25, -0.2) is 20.4 Å². The molecule has 0 unspecified atom stereocenters. The van der Waals surface area contributed by atoms with Crippen molar-refractivity contribution in [3.63, 3.8) is 0 Å². The molecule has 2 amide bonds. The summed E-state index contributed by atoms with van der Waals surface area (Å²) in [5.74, 6) is 0.443. The van der Waals surface area contributed by atoms with Gasteiger partial charge < -0.3 is 18.9 Å². The number of nitrogens with zero attached hydrogens (tertiary/aromatic N) is 2. The Kier molecular flexibility index (Phi) is 15.6. The summed E-state index contributed by atoms with van der Waals surface area (Å²) in [7, 11) is 3.10. The van der Waals surface area contributed by atoms with Gasteiger partial charge in [0.25, 0.3) is 0 Å². The molecule has 0 aliphatic carbocycles. The van der Waals surface area contributed by atoms with Crippen LogP contribution in [0.3, 0.4) is 0 Å². The van der Waals surface area contributed by atoms with Crippen molar-refractivity contribution >= 4 is 36.2 Å². The number of hydrogen-bond donors (Lipinski definition) is 2. The van der Waals surface area contributed by atoms with Gasteiger partial charge in [0.15, 0.2) is 0 Å². The number of hydrogen-bond acceptors (Lipinski definition) is 10. The largest absolute Gasteiger partial charge is 0.497 e. The fourth-order valence-electron chi connectivity index (χ4n) is 4.87. The second kappa shape index (κ2) is 21.0. The van der Waals surface area contributed by atoms with Gasteiger partial charge in [0, 0.05) is 24.0 Å². The van der Waals surface area contributed by atoms with E-state index in [9.17, 15) is 19.2 Å². The maximum absolute atomic E-state index is 12.6. The first-order valence-electron chi connectivity index (χ1n) is 16.9. The molecule has 12 nitrogen and oxygen atoms in total. The van der Waals surface area contributed by atoms with Crippen molar-refractivity contribution in [3.05, 3.63) is 119 Å². The lowest BCUT2D eigenvalue weighted by atomic mass is 10.1. The van der Waals surface area contributed by atoms with E-state index in [1.807, 2.05) is 0 Å². The van der Waals surface area contributed by atoms with Gasteiger partial charge in [-0.05, 0) is 85.6 Å². The molecule has 0 aliphatic heterocycles. The highest BCUT2D eigenvalue weighted by Crippen LogP contribution is 2.20. The predicted molar refractivity (Wildman–Crippen MR) is 197 cm³/mol. The Hall–Kier alpha value is -6.30. The van der Waals surface area contributed by atoms with Gasteiger partial charge in [-0.3, -0.25) is 9.59 Å². The highest BCUT2D eigenvalue weighted by atomic mass is 16.5. The minimum absolute atomic E-state index is 0.209. The quantitative estimate of drug-likeness (QED) is 0.0352. The third-order valence-corrected chi connectivity index (χ3v) is 7.74. The first-order valence-corrected chi connectivity index (χ1v) is 16.9. The average molecular weight is 707 g/mol. The van der Waals surface area contributed by atoms with Crippen molar-refractivity contribution in [1.29, 1.82) is 0 Å². The fourth-order valence-corrected chi connectivity index (χ4v) is 4.87. The lowest BCUT2D eigenvalue weighted by Crippen LogP contribution is -2.17. The summed E-state index contributed by atoms with van der Waals surface area (Å²) >= 11 is 0. The van der Waals surface area contributed by atoms with Crippen LogP contribution >= 0.6 is 0 Å². The van der Waals surface area contributed by atoms with Crippen LogP contribution < -0.4 is 29.8 Å². The van der Waals surface area contributed by atoms with E-state index >= 15 is 0 Å². The molecule has 0 aromatic heterocycles. The van der Waals surface area contributed by atoms with Crippen molar-refractivity contribution < 1.29 is 38.1 Å². The lowest BCUT2D eigenvalue weighted by molar-refractivity contribution is -0.122. The molecule has 0 saturated heterocycles. The third kappa shape index (κ3) is 12.9. The van der Waals surface area contributed by atoms with Gasteiger partial charge in [-0.2, -0.15) is 10.2 Å². The van der Waals surface area contributed by atoms with Gasteiger partial charge in [0.05, 0.1) is 37.8 Å². The fraction of sp³-hybridized carbons (Fsp3) is 0.250. The summed E-state index contributed by atoms with van der Waals surface area (Å²) in [5.41, 5.74) is 6.88. The number of rotatable bonds is 19. The van der Waals surface area contributed by atoms with E-state index in [0.717, 1.165) is 25.7 Å². The number of nitrogens with one attached hydrogen (secondary N) is 2. The Morgan fingerprint density at radius 1 is 0.519 bits per heavy atom. The SMILES string of the molecule is COc1ccc(C(=O)Oc2ccccc2/C=N\NC(=O)CCCCCCCCC(=O)N/N=C\c2ccccc2OC(=O)c2ccc(OC)cc2)cc1. The number of unbranched alkanes of at least 4 members (excludes halogenated alkanes) is 5. The number of benzene rings is 4. The Balaban J connectivity index is 1.06. The molecule has 2 N–H and O–H groups in total. The van der Waals surface area contributed by atoms with Crippen molar-refractivity contribution in [2.75, 3.05) is 14.2 Å². The maximum Gasteiger partial charge on any atom is 0.343 e. The number of para-hydroxylation sites is 2. The first-order chi connectivity index (χ1) is 25.4. The van der Waals surface area contributed by atoms with Crippen molar-refractivity contribution in [3.8, 4) is 23.0 Å². The lowest BCUT2D eigenvalue weighted by Gasteiger charge is -2.08. The molecule has 270 valence electrons. The molecule has 0 bridgehead atoms. The Labute approximate surface area is 302 Å². The Bertz CT molecular complexity index is 1700. The molecule has 0 aliphatic rings. The second-order valence-electron chi connectivity index (χ2n) is 11.5. The maximum atomic E-state index is 12.6. The van der Waals surface area contributed by atoms with E-state index < -0.39 is 11.9 Å². The van der Waals surface area contributed by atoms with E-state index in [4.69, 9.17) is 18.9 Å². The molecule has 0 spiro atoms. The Morgan fingerprint density at radius 2 is 0.885 bits per heavy atom. The van der Waals surface area contributed by atoms with Crippen LogP contribution in [0, 0.1) is 0 Å². The molecular weight excluding hydrogens is 664 g/mol.